The average Bonchev–Trinajstić information content (AvgIpc) is 2.39. The summed E-state index contributed by atoms with van der Waals surface area (Å²) in [6, 6.07) is 0. The summed E-state index contributed by atoms with van der Waals surface area (Å²) in [5, 5.41) is 6.47. The van der Waals surface area contributed by atoms with Gasteiger partial charge < -0.3 is 10.6 Å². The Kier molecular flexibility index (Phi) is 9.03. The lowest BCUT2D eigenvalue weighted by molar-refractivity contribution is 0.671. The fourth-order valence-corrected chi connectivity index (χ4v) is 1.50. The molecule has 102 valence electrons. The fraction of sp³-hybridized carbons (Fsp3) is 0.500. The summed E-state index contributed by atoms with van der Waals surface area (Å²) in [6.45, 7) is 16.2. The highest BCUT2D eigenvalue weighted by molar-refractivity contribution is 5.36. The van der Waals surface area contributed by atoms with E-state index in [0.29, 0.717) is 0 Å². The molecule has 0 unspecified atom stereocenters. The molecular weight excluding hydrogens is 220 g/mol. The van der Waals surface area contributed by atoms with Crippen LogP contribution in [0.5, 0.6) is 0 Å². The quantitative estimate of drug-likeness (QED) is 0.481. The van der Waals surface area contributed by atoms with Crippen molar-refractivity contribution in [3.63, 3.8) is 0 Å². The van der Waals surface area contributed by atoms with Crippen molar-refractivity contribution in [2.24, 2.45) is 0 Å². The van der Waals surface area contributed by atoms with Crippen molar-refractivity contribution in [3.05, 3.63) is 47.7 Å². The minimum absolute atomic E-state index is 0.882. The van der Waals surface area contributed by atoms with Crippen molar-refractivity contribution >= 4 is 0 Å². The predicted molar refractivity (Wildman–Crippen MR) is 82.6 cm³/mol. The summed E-state index contributed by atoms with van der Waals surface area (Å²) in [4.78, 5) is 0. The molecule has 0 aromatic rings. The Morgan fingerprint density at radius 2 is 1.83 bits per heavy atom. The van der Waals surface area contributed by atoms with Crippen molar-refractivity contribution in [3.8, 4) is 0 Å². The van der Waals surface area contributed by atoms with Crippen LogP contribution in [0.4, 0.5) is 0 Å². The second-order valence-electron chi connectivity index (χ2n) is 4.59. The molecule has 0 amide bonds. The first-order chi connectivity index (χ1) is 8.52. The van der Waals surface area contributed by atoms with Gasteiger partial charge in [-0.15, -0.1) is 0 Å². The molecule has 0 aromatic carbocycles. The second-order valence-corrected chi connectivity index (χ2v) is 4.59. The standard InChI is InChI=1S/C16H28N2/c1-7-13(2)16(5)14(3)9-10-15(4)18-12-8-11-17-6/h7,9,17-18H,1,4,8,10-12H2,2-3,5-6H3/b14-9-,16-13-. The molecule has 0 aliphatic rings. The summed E-state index contributed by atoms with van der Waals surface area (Å²) in [5.74, 6) is 0. The first-order valence-corrected chi connectivity index (χ1v) is 6.56. The first kappa shape index (κ1) is 16.7. The van der Waals surface area contributed by atoms with Gasteiger partial charge in [-0.05, 0) is 51.9 Å². The topological polar surface area (TPSA) is 24.1 Å². The van der Waals surface area contributed by atoms with E-state index in [4.69, 9.17) is 0 Å². The highest BCUT2D eigenvalue weighted by Crippen LogP contribution is 2.15. The molecule has 0 saturated carbocycles. The van der Waals surface area contributed by atoms with E-state index in [1.807, 2.05) is 13.1 Å². The lowest BCUT2D eigenvalue weighted by atomic mass is 10.0. The third-order valence-electron chi connectivity index (χ3n) is 3.12. The van der Waals surface area contributed by atoms with Gasteiger partial charge in [0.15, 0.2) is 0 Å². The van der Waals surface area contributed by atoms with Gasteiger partial charge in [0, 0.05) is 18.7 Å². The maximum Gasteiger partial charge on any atom is 0.0155 e. The zero-order valence-corrected chi connectivity index (χ0v) is 12.4. The maximum atomic E-state index is 4.04. The highest BCUT2D eigenvalue weighted by Gasteiger charge is 1.97. The molecule has 18 heavy (non-hydrogen) atoms. The van der Waals surface area contributed by atoms with Gasteiger partial charge in [0.25, 0.3) is 0 Å². The number of rotatable bonds is 9. The van der Waals surface area contributed by atoms with Crippen LogP contribution in [-0.4, -0.2) is 20.1 Å². The summed E-state index contributed by atoms with van der Waals surface area (Å²) in [5.41, 5.74) is 4.91. The summed E-state index contributed by atoms with van der Waals surface area (Å²) in [7, 11) is 1.97. The molecule has 0 aliphatic heterocycles. The summed E-state index contributed by atoms with van der Waals surface area (Å²) < 4.78 is 0. The van der Waals surface area contributed by atoms with Crippen LogP contribution in [0.3, 0.4) is 0 Å². The van der Waals surface area contributed by atoms with Crippen LogP contribution in [-0.2, 0) is 0 Å². The Labute approximate surface area is 113 Å². The van der Waals surface area contributed by atoms with Crippen molar-refractivity contribution in [1.29, 1.82) is 0 Å². The smallest absolute Gasteiger partial charge is 0.0155 e. The Morgan fingerprint density at radius 1 is 1.17 bits per heavy atom. The molecular formula is C16H28N2. The largest absolute Gasteiger partial charge is 0.389 e. The van der Waals surface area contributed by atoms with Gasteiger partial charge in [-0.1, -0.05) is 30.9 Å². The van der Waals surface area contributed by atoms with Crippen molar-refractivity contribution in [1.82, 2.24) is 10.6 Å². The van der Waals surface area contributed by atoms with E-state index >= 15 is 0 Å². The van der Waals surface area contributed by atoms with Crippen molar-refractivity contribution in [2.75, 3.05) is 20.1 Å². The second kappa shape index (κ2) is 9.72. The Hall–Kier alpha value is -1.28. The molecule has 0 heterocycles. The molecule has 0 rings (SSSR count). The third kappa shape index (κ3) is 7.13. The molecule has 0 spiro atoms. The molecule has 2 N–H and O–H groups in total. The van der Waals surface area contributed by atoms with E-state index in [-0.39, 0.29) is 0 Å². The number of hydrogen-bond acceptors (Lipinski definition) is 2. The number of allylic oxidation sites excluding steroid dienone is 5. The molecule has 0 saturated heterocycles. The van der Waals surface area contributed by atoms with Crippen molar-refractivity contribution < 1.29 is 0 Å². The van der Waals surface area contributed by atoms with Gasteiger partial charge >= 0.3 is 0 Å². The summed E-state index contributed by atoms with van der Waals surface area (Å²) >= 11 is 0. The number of hydrogen-bond donors (Lipinski definition) is 2. The van der Waals surface area contributed by atoms with Crippen LogP contribution >= 0.6 is 0 Å². The van der Waals surface area contributed by atoms with Gasteiger partial charge in [-0.3, -0.25) is 0 Å². The lowest BCUT2D eigenvalue weighted by Gasteiger charge is -2.09. The van der Waals surface area contributed by atoms with Crippen LogP contribution < -0.4 is 10.6 Å². The molecule has 0 aromatic heterocycles. The van der Waals surface area contributed by atoms with Crippen LogP contribution in [0.1, 0.15) is 33.6 Å². The van der Waals surface area contributed by atoms with Crippen LogP contribution in [0.2, 0.25) is 0 Å². The van der Waals surface area contributed by atoms with Crippen LogP contribution in [0, 0.1) is 0 Å². The Morgan fingerprint density at radius 3 is 2.39 bits per heavy atom. The van der Waals surface area contributed by atoms with E-state index in [0.717, 1.165) is 31.6 Å². The van der Waals surface area contributed by atoms with Crippen LogP contribution in [0.15, 0.2) is 47.7 Å². The van der Waals surface area contributed by atoms with E-state index in [1.54, 1.807) is 0 Å². The normalized spacial score (nSPS) is 13.0. The van der Waals surface area contributed by atoms with Crippen molar-refractivity contribution in [2.45, 2.75) is 33.6 Å². The van der Waals surface area contributed by atoms with E-state index < -0.39 is 0 Å². The van der Waals surface area contributed by atoms with Gasteiger partial charge in [0.05, 0.1) is 0 Å². The molecule has 0 aliphatic carbocycles. The molecule has 0 atom stereocenters. The van der Waals surface area contributed by atoms with E-state index in [1.165, 1.54) is 16.7 Å². The minimum Gasteiger partial charge on any atom is -0.389 e. The highest BCUT2D eigenvalue weighted by atomic mass is 14.9. The monoisotopic (exact) mass is 248 g/mol. The molecule has 0 radical (unpaired) electrons. The summed E-state index contributed by atoms with van der Waals surface area (Å²) in [6.07, 6.45) is 6.12. The minimum atomic E-state index is 0.882. The maximum absolute atomic E-state index is 4.04. The van der Waals surface area contributed by atoms with Gasteiger partial charge in [0.2, 0.25) is 0 Å². The van der Waals surface area contributed by atoms with Gasteiger partial charge in [-0.2, -0.15) is 0 Å². The molecule has 0 bridgehead atoms. The third-order valence-corrected chi connectivity index (χ3v) is 3.12. The zero-order chi connectivity index (χ0) is 14.0. The molecule has 0 fully saturated rings. The first-order valence-electron chi connectivity index (χ1n) is 6.56. The van der Waals surface area contributed by atoms with Gasteiger partial charge in [-0.25, -0.2) is 0 Å². The van der Waals surface area contributed by atoms with Crippen LogP contribution in [0.25, 0.3) is 0 Å². The molecule has 2 heteroatoms. The average molecular weight is 248 g/mol. The lowest BCUT2D eigenvalue weighted by Crippen LogP contribution is -2.18. The number of nitrogens with one attached hydrogen (secondary N) is 2. The predicted octanol–water partition coefficient (Wildman–Crippen LogP) is 3.56. The van der Waals surface area contributed by atoms with E-state index in [9.17, 15) is 0 Å². The molecule has 2 nitrogen and oxygen atoms in total. The Bertz CT molecular complexity index is 335. The SMILES string of the molecule is C=C/C(C)=C(C)\C(C)=C/CC(=C)NCCCNC. The van der Waals surface area contributed by atoms with Gasteiger partial charge in [0.1, 0.15) is 0 Å². The zero-order valence-electron chi connectivity index (χ0n) is 12.4. The fourth-order valence-electron chi connectivity index (χ4n) is 1.50. The van der Waals surface area contributed by atoms with E-state index in [2.05, 4.69) is 50.6 Å². The Balaban J connectivity index is 4.14.